The molecule has 16 heavy (non-hydrogen) atoms. The van der Waals surface area contributed by atoms with E-state index in [-0.39, 0.29) is 0 Å². The Morgan fingerprint density at radius 2 is 2.38 bits per heavy atom. The van der Waals surface area contributed by atoms with E-state index in [9.17, 15) is 0 Å². The van der Waals surface area contributed by atoms with Crippen molar-refractivity contribution in [2.45, 2.75) is 24.7 Å². The van der Waals surface area contributed by atoms with Gasteiger partial charge in [0, 0.05) is 28.8 Å². The van der Waals surface area contributed by atoms with Gasteiger partial charge in [-0.25, -0.2) is 0 Å². The first kappa shape index (κ1) is 12.1. The van der Waals surface area contributed by atoms with Crippen LogP contribution in [0, 0.1) is 0 Å². The van der Waals surface area contributed by atoms with Crippen molar-refractivity contribution in [1.82, 2.24) is 0 Å². The van der Waals surface area contributed by atoms with Crippen LogP contribution in [0.4, 0.5) is 5.69 Å². The lowest BCUT2D eigenvalue weighted by Gasteiger charge is -2.10. The summed E-state index contributed by atoms with van der Waals surface area (Å²) in [7, 11) is 0. The topological polar surface area (TPSA) is 35.2 Å². The van der Waals surface area contributed by atoms with E-state index in [0.29, 0.717) is 6.10 Å². The van der Waals surface area contributed by atoms with E-state index in [1.165, 1.54) is 12.8 Å². The quantitative estimate of drug-likeness (QED) is 0.841. The van der Waals surface area contributed by atoms with E-state index >= 15 is 0 Å². The van der Waals surface area contributed by atoms with E-state index in [0.717, 1.165) is 34.4 Å². The maximum Gasteiger partial charge on any atom is 0.0666 e. The molecule has 1 aromatic rings. The second kappa shape index (κ2) is 5.80. The van der Waals surface area contributed by atoms with Crippen LogP contribution in [0.5, 0.6) is 0 Å². The zero-order valence-electron chi connectivity index (χ0n) is 9.12. The van der Waals surface area contributed by atoms with Crippen molar-refractivity contribution in [1.29, 1.82) is 0 Å². The number of nitrogen functional groups attached to an aromatic ring is 1. The molecule has 1 atom stereocenters. The van der Waals surface area contributed by atoms with Crippen LogP contribution in [-0.2, 0) is 10.5 Å². The Morgan fingerprint density at radius 3 is 3.12 bits per heavy atom. The van der Waals surface area contributed by atoms with Gasteiger partial charge in [0.2, 0.25) is 0 Å². The number of halogens is 1. The van der Waals surface area contributed by atoms with Crippen LogP contribution in [0.25, 0.3) is 0 Å². The first-order valence-corrected chi connectivity index (χ1v) is 7.02. The average Bonchev–Trinajstić information content (AvgIpc) is 2.76. The fourth-order valence-electron chi connectivity index (χ4n) is 1.78. The number of anilines is 1. The third-order valence-corrected chi connectivity index (χ3v) is 4.05. The number of benzene rings is 1. The molecular weight excluding hydrogens is 242 g/mol. The molecule has 88 valence electrons. The molecule has 0 amide bonds. The summed E-state index contributed by atoms with van der Waals surface area (Å²) in [6.45, 7) is 0.921. The molecule has 1 fully saturated rings. The minimum atomic E-state index is 0.436. The Hall–Kier alpha value is -0.380. The summed E-state index contributed by atoms with van der Waals surface area (Å²) >= 11 is 7.80. The first-order chi connectivity index (χ1) is 7.75. The SMILES string of the molecule is Nc1ccc(Cl)cc1CSCC1CCCO1. The second-order valence-electron chi connectivity index (χ2n) is 3.99. The predicted molar refractivity (Wildman–Crippen MR) is 71.0 cm³/mol. The highest BCUT2D eigenvalue weighted by molar-refractivity contribution is 7.98. The van der Waals surface area contributed by atoms with Gasteiger partial charge in [-0.15, -0.1) is 0 Å². The number of rotatable bonds is 4. The molecule has 0 radical (unpaired) electrons. The molecule has 0 aliphatic carbocycles. The fraction of sp³-hybridized carbons (Fsp3) is 0.500. The van der Waals surface area contributed by atoms with Gasteiger partial charge in [0.15, 0.2) is 0 Å². The summed E-state index contributed by atoms with van der Waals surface area (Å²) < 4.78 is 5.57. The molecule has 1 heterocycles. The summed E-state index contributed by atoms with van der Waals surface area (Å²) in [6.07, 6.45) is 2.83. The summed E-state index contributed by atoms with van der Waals surface area (Å²) in [5, 5.41) is 0.752. The van der Waals surface area contributed by atoms with Crippen molar-refractivity contribution in [2.24, 2.45) is 0 Å². The normalized spacial score (nSPS) is 20.2. The Bertz CT molecular complexity index is 353. The van der Waals surface area contributed by atoms with Crippen LogP contribution in [0.2, 0.25) is 5.02 Å². The zero-order chi connectivity index (χ0) is 11.4. The molecule has 0 spiro atoms. The van der Waals surface area contributed by atoms with Gasteiger partial charge in [-0.1, -0.05) is 11.6 Å². The molecule has 1 aliphatic rings. The highest BCUT2D eigenvalue weighted by atomic mass is 35.5. The number of thioether (sulfide) groups is 1. The molecule has 2 N–H and O–H groups in total. The lowest BCUT2D eigenvalue weighted by atomic mass is 10.2. The van der Waals surface area contributed by atoms with Gasteiger partial charge < -0.3 is 10.5 Å². The smallest absolute Gasteiger partial charge is 0.0666 e. The van der Waals surface area contributed by atoms with Gasteiger partial charge in [-0.2, -0.15) is 11.8 Å². The fourth-order valence-corrected chi connectivity index (χ4v) is 3.08. The Labute approximate surface area is 105 Å². The van der Waals surface area contributed by atoms with Crippen LogP contribution in [0.1, 0.15) is 18.4 Å². The van der Waals surface area contributed by atoms with Gasteiger partial charge >= 0.3 is 0 Å². The minimum Gasteiger partial charge on any atom is -0.398 e. The highest BCUT2D eigenvalue weighted by Crippen LogP contribution is 2.25. The zero-order valence-corrected chi connectivity index (χ0v) is 10.7. The largest absolute Gasteiger partial charge is 0.398 e. The van der Waals surface area contributed by atoms with Crippen LogP contribution < -0.4 is 5.73 Å². The van der Waals surface area contributed by atoms with E-state index < -0.39 is 0 Å². The lowest BCUT2D eigenvalue weighted by Crippen LogP contribution is -2.08. The summed E-state index contributed by atoms with van der Waals surface area (Å²) in [5.74, 6) is 1.96. The van der Waals surface area contributed by atoms with Crippen molar-refractivity contribution in [2.75, 3.05) is 18.1 Å². The third-order valence-electron chi connectivity index (χ3n) is 2.69. The molecule has 4 heteroatoms. The van der Waals surface area contributed by atoms with Crippen molar-refractivity contribution < 1.29 is 4.74 Å². The van der Waals surface area contributed by atoms with Crippen molar-refractivity contribution in [3.05, 3.63) is 28.8 Å². The average molecular weight is 258 g/mol. The Balaban J connectivity index is 1.82. The molecule has 1 aliphatic heterocycles. The van der Waals surface area contributed by atoms with E-state index in [1.807, 2.05) is 30.0 Å². The summed E-state index contributed by atoms with van der Waals surface area (Å²) in [5.41, 5.74) is 7.82. The van der Waals surface area contributed by atoms with E-state index in [1.54, 1.807) is 0 Å². The van der Waals surface area contributed by atoms with Gasteiger partial charge in [0.1, 0.15) is 0 Å². The monoisotopic (exact) mass is 257 g/mol. The molecule has 0 aromatic heterocycles. The van der Waals surface area contributed by atoms with E-state index in [2.05, 4.69) is 0 Å². The van der Waals surface area contributed by atoms with E-state index in [4.69, 9.17) is 22.1 Å². The molecule has 1 saturated heterocycles. The maximum absolute atomic E-state index is 5.93. The van der Waals surface area contributed by atoms with Gasteiger partial charge in [0.25, 0.3) is 0 Å². The van der Waals surface area contributed by atoms with Crippen molar-refractivity contribution in [3.63, 3.8) is 0 Å². The molecule has 2 nitrogen and oxygen atoms in total. The van der Waals surface area contributed by atoms with Crippen LogP contribution in [0.3, 0.4) is 0 Å². The number of nitrogens with two attached hydrogens (primary N) is 1. The van der Waals surface area contributed by atoms with Gasteiger partial charge in [-0.3, -0.25) is 0 Å². The van der Waals surface area contributed by atoms with Gasteiger partial charge in [0.05, 0.1) is 6.10 Å². The predicted octanol–water partition coefficient (Wildman–Crippen LogP) is 3.33. The summed E-state index contributed by atoms with van der Waals surface area (Å²) in [4.78, 5) is 0. The highest BCUT2D eigenvalue weighted by Gasteiger charge is 2.15. The Morgan fingerprint density at radius 1 is 1.50 bits per heavy atom. The molecule has 1 aromatic carbocycles. The number of ether oxygens (including phenoxy) is 1. The van der Waals surface area contributed by atoms with Gasteiger partial charge in [-0.05, 0) is 36.6 Å². The van der Waals surface area contributed by atoms with Crippen LogP contribution in [-0.4, -0.2) is 18.5 Å². The summed E-state index contributed by atoms with van der Waals surface area (Å²) in [6, 6.07) is 5.63. The molecular formula is C12H16ClNOS. The Kier molecular flexibility index (Phi) is 4.38. The van der Waals surface area contributed by atoms with Crippen LogP contribution >= 0.6 is 23.4 Å². The maximum atomic E-state index is 5.93. The number of hydrogen-bond donors (Lipinski definition) is 1. The molecule has 0 saturated carbocycles. The van der Waals surface area contributed by atoms with Crippen molar-refractivity contribution >= 4 is 29.1 Å². The lowest BCUT2D eigenvalue weighted by molar-refractivity contribution is 0.129. The molecule has 0 bridgehead atoms. The minimum absolute atomic E-state index is 0.436. The van der Waals surface area contributed by atoms with Crippen molar-refractivity contribution in [3.8, 4) is 0 Å². The second-order valence-corrected chi connectivity index (χ2v) is 5.46. The molecule has 2 rings (SSSR count). The third kappa shape index (κ3) is 3.30. The van der Waals surface area contributed by atoms with Crippen LogP contribution in [0.15, 0.2) is 18.2 Å². The number of hydrogen-bond acceptors (Lipinski definition) is 3. The molecule has 1 unspecified atom stereocenters. The first-order valence-electron chi connectivity index (χ1n) is 5.49. The standard InChI is InChI=1S/C12H16ClNOS/c13-10-3-4-12(14)9(6-10)7-16-8-11-2-1-5-15-11/h3-4,6,11H,1-2,5,7-8,14H2.